The van der Waals surface area contributed by atoms with Crippen LogP contribution in [0.5, 0.6) is 0 Å². The van der Waals surface area contributed by atoms with Gasteiger partial charge in [0.15, 0.2) is 0 Å². The highest BCUT2D eigenvalue weighted by molar-refractivity contribution is 5.81. The summed E-state index contributed by atoms with van der Waals surface area (Å²) in [5.74, 6) is -0.793. The van der Waals surface area contributed by atoms with Gasteiger partial charge in [-0.05, 0) is 25.7 Å². The van der Waals surface area contributed by atoms with Crippen LogP contribution in [0.2, 0.25) is 0 Å². The monoisotopic (exact) mass is 340 g/mol. The highest BCUT2D eigenvalue weighted by atomic mass is 16.5. The zero-order valence-electron chi connectivity index (χ0n) is 14.2. The number of hydrogen-bond acceptors (Lipinski definition) is 6. The van der Waals surface area contributed by atoms with Gasteiger partial charge in [-0.3, -0.25) is 0 Å². The van der Waals surface area contributed by atoms with Crippen LogP contribution in [0.4, 0.5) is 0 Å². The lowest BCUT2D eigenvalue weighted by Crippen LogP contribution is -2.27. The molecule has 0 spiro atoms. The molecule has 0 aliphatic heterocycles. The van der Waals surface area contributed by atoms with E-state index in [4.69, 9.17) is 18.9 Å². The Hall–Kier alpha value is -1.66. The molecule has 0 unspecified atom stereocenters. The number of carbonyl (C=O) groups excluding carboxylic acids is 2. The highest BCUT2D eigenvalue weighted by Gasteiger charge is 2.21. The number of carbonyl (C=O) groups is 2. The quantitative estimate of drug-likeness (QED) is 0.309. The third-order valence-corrected chi connectivity index (χ3v) is 3.73. The van der Waals surface area contributed by atoms with Crippen molar-refractivity contribution in [2.75, 3.05) is 26.4 Å². The molecular formula is C18H28O6. The minimum absolute atomic E-state index is 0.258. The Morgan fingerprint density at radius 2 is 1.12 bits per heavy atom. The first kappa shape index (κ1) is 20.4. The van der Waals surface area contributed by atoms with E-state index in [-0.39, 0.29) is 12.2 Å². The summed E-state index contributed by atoms with van der Waals surface area (Å²) in [6, 6.07) is 0. The van der Waals surface area contributed by atoms with E-state index in [1.54, 1.807) is 0 Å². The molecule has 0 aromatic rings. The molecule has 0 heterocycles. The van der Waals surface area contributed by atoms with Crippen LogP contribution >= 0.6 is 0 Å². The molecule has 6 nitrogen and oxygen atoms in total. The molecule has 1 fully saturated rings. The summed E-state index contributed by atoms with van der Waals surface area (Å²) in [7, 11) is 0. The minimum Gasteiger partial charge on any atom is -0.462 e. The van der Waals surface area contributed by atoms with E-state index in [2.05, 4.69) is 13.2 Å². The van der Waals surface area contributed by atoms with E-state index in [1.165, 1.54) is 0 Å². The molecule has 0 aromatic carbocycles. The molecule has 0 aromatic heterocycles. The molecule has 1 aliphatic rings. The van der Waals surface area contributed by atoms with E-state index < -0.39 is 11.9 Å². The Morgan fingerprint density at radius 1 is 0.750 bits per heavy atom. The van der Waals surface area contributed by atoms with Crippen molar-refractivity contribution in [2.45, 2.75) is 50.7 Å². The molecule has 0 N–H and O–H groups in total. The Morgan fingerprint density at radius 3 is 1.46 bits per heavy atom. The Balaban J connectivity index is 1.96. The summed E-state index contributed by atoms with van der Waals surface area (Å²) >= 11 is 0. The normalized spacial score (nSPS) is 20.2. The first-order valence-corrected chi connectivity index (χ1v) is 8.47. The minimum atomic E-state index is -0.396. The van der Waals surface area contributed by atoms with Gasteiger partial charge in [-0.15, -0.1) is 0 Å². The summed E-state index contributed by atoms with van der Waals surface area (Å²) in [5, 5.41) is 0. The van der Waals surface area contributed by atoms with Gasteiger partial charge in [-0.2, -0.15) is 0 Å². The average molecular weight is 340 g/mol. The average Bonchev–Trinajstić information content (AvgIpc) is 2.61. The van der Waals surface area contributed by atoms with Crippen LogP contribution in [-0.4, -0.2) is 50.6 Å². The Kier molecular flexibility index (Phi) is 10.8. The predicted octanol–water partition coefficient (Wildman–Crippen LogP) is 2.57. The maximum absolute atomic E-state index is 10.9. The van der Waals surface area contributed by atoms with Crippen molar-refractivity contribution in [3.8, 4) is 0 Å². The first-order valence-electron chi connectivity index (χ1n) is 8.47. The van der Waals surface area contributed by atoms with Crippen molar-refractivity contribution in [1.82, 2.24) is 0 Å². The van der Waals surface area contributed by atoms with E-state index in [9.17, 15) is 9.59 Å². The van der Waals surface area contributed by atoms with E-state index in [0.717, 1.165) is 37.8 Å². The van der Waals surface area contributed by atoms with Crippen LogP contribution in [-0.2, 0) is 28.5 Å². The van der Waals surface area contributed by atoms with Crippen molar-refractivity contribution in [2.24, 2.45) is 0 Å². The highest BCUT2D eigenvalue weighted by Crippen LogP contribution is 2.23. The predicted molar refractivity (Wildman–Crippen MR) is 89.5 cm³/mol. The maximum atomic E-state index is 10.9. The van der Waals surface area contributed by atoms with Crippen molar-refractivity contribution in [3.05, 3.63) is 25.3 Å². The number of esters is 2. The molecule has 0 amide bonds. The van der Waals surface area contributed by atoms with Gasteiger partial charge >= 0.3 is 11.9 Å². The maximum Gasteiger partial charge on any atom is 0.330 e. The van der Waals surface area contributed by atoms with Crippen LogP contribution in [0.1, 0.15) is 38.5 Å². The summed E-state index contributed by atoms with van der Waals surface area (Å²) in [5.41, 5.74) is 0. The SMILES string of the molecule is C=CC(=O)OCCCOC1CCC(OCCCOC(=O)C=C)CC1. The number of ether oxygens (including phenoxy) is 4. The fourth-order valence-corrected chi connectivity index (χ4v) is 2.45. The summed E-state index contributed by atoms with van der Waals surface area (Å²) in [6.07, 6.45) is 8.12. The fraction of sp³-hybridized carbons (Fsp3) is 0.667. The molecule has 1 rings (SSSR count). The number of hydrogen-bond donors (Lipinski definition) is 0. The standard InChI is InChI=1S/C18H28O6/c1-3-17(19)23-13-5-11-21-15-7-9-16(10-8-15)22-12-6-14-24-18(20)4-2/h3-4,15-16H,1-2,5-14H2. The first-order chi connectivity index (χ1) is 11.7. The lowest BCUT2D eigenvalue weighted by Gasteiger charge is -2.28. The molecule has 136 valence electrons. The Bertz CT molecular complexity index is 360. The molecule has 1 aliphatic carbocycles. The van der Waals surface area contributed by atoms with Crippen LogP contribution in [0.15, 0.2) is 25.3 Å². The van der Waals surface area contributed by atoms with Gasteiger partial charge < -0.3 is 18.9 Å². The zero-order valence-corrected chi connectivity index (χ0v) is 14.2. The van der Waals surface area contributed by atoms with Crippen LogP contribution in [0, 0.1) is 0 Å². The van der Waals surface area contributed by atoms with Gasteiger partial charge in [0.05, 0.1) is 38.6 Å². The van der Waals surface area contributed by atoms with Crippen molar-refractivity contribution < 1.29 is 28.5 Å². The van der Waals surface area contributed by atoms with E-state index >= 15 is 0 Å². The summed E-state index contributed by atoms with van der Waals surface area (Å²) in [6.45, 7) is 8.59. The molecule has 0 radical (unpaired) electrons. The molecule has 24 heavy (non-hydrogen) atoms. The zero-order chi connectivity index (χ0) is 17.6. The topological polar surface area (TPSA) is 71.1 Å². The molecule has 6 heteroatoms. The van der Waals surface area contributed by atoms with Crippen LogP contribution < -0.4 is 0 Å². The number of rotatable bonds is 12. The van der Waals surface area contributed by atoms with Gasteiger partial charge in [-0.25, -0.2) is 9.59 Å². The van der Waals surface area contributed by atoms with E-state index in [0.29, 0.717) is 39.3 Å². The van der Waals surface area contributed by atoms with Crippen molar-refractivity contribution in [1.29, 1.82) is 0 Å². The fourth-order valence-electron chi connectivity index (χ4n) is 2.45. The van der Waals surface area contributed by atoms with Gasteiger partial charge in [0.2, 0.25) is 0 Å². The lowest BCUT2D eigenvalue weighted by molar-refractivity contribution is -0.139. The molecule has 0 saturated heterocycles. The van der Waals surface area contributed by atoms with E-state index in [1.807, 2.05) is 0 Å². The second-order valence-electron chi connectivity index (χ2n) is 5.59. The van der Waals surface area contributed by atoms with Gasteiger partial charge in [0.25, 0.3) is 0 Å². The molecule has 0 bridgehead atoms. The molecule has 0 atom stereocenters. The smallest absolute Gasteiger partial charge is 0.330 e. The van der Waals surface area contributed by atoms with Crippen LogP contribution in [0.25, 0.3) is 0 Å². The van der Waals surface area contributed by atoms with Gasteiger partial charge in [-0.1, -0.05) is 13.2 Å². The van der Waals surface area contributed by atoms with Crippen LogP contribution in [0.3, 0.4) is 0 Å². The Labute approximate surface area is 143 Å². The lowest BCUT2D eigenvalue weighted by atomic mass is 9.95. The van der Waals surface area contributed by atoms with Crippen molar-refractivity contribution in [3.63, 3.8) is 0 Å². The third-order valence-electron chi connectivity index (χ3n) is 3.73. The molecular weight excluding hydrogens is 312 g/mol. The second-order valence-corrected chi connectivity index (χ2v) is 5.59. The largest absolute Gasteiger partial charge is 0.462 e. The van der Waals surface area contributed by atoms with Gasteiger partial charge in [0.1, 0.15) is 0 Å². The second kappa shape index (κ2) is 12.7. The molecule has 1 saturated carbocycles. The van der Waals surface area contributed by atoms with Crippen molar-refractivity contribution >= 4 is 11.9 Å². The third kappa shape index (κ3) is 9.47. The van der Waals surface area contributed by atoms with Gasteiger partial charge in [0, 0.05) is 25.0 Å². The summed E-state index contributed by atoms with van der Waals surface area (Å²) in [4.78, 5) is 21.7. The summed E-state index contributed by atoms with van der Waals surface area (Å²) < 4.78 is 21.4.